The van der Waals surface area contributed by atoms with Crippen molar-refractivity contribution in [3.05, 3.63) is 53.6 Å². The van der Waals surface area contributed by atoms with Crippen LogP contribution >= 0.6 is 0 Å². The lowest BCUT2D eigenvalue weighted by Crippen LogP contribution is -2.42. The Morgan fingerprint density at radius 2 is 1.64 bits per heavy atom. The number of nitrogens with zero attached hydrogens (tertiary/aromatic N) is 1. The van der Waals surface area contributed by atoms with Crippen LogP contribution in [0.1, 0.15) is 35.3 Å². The second-order valence-corrected chi connectivity index (χ2v) is 7.45. The highest BCUT2D eigenvalue weighted by molar-refractivity contribution is 5.98. The van der Waals surface area contributed by atoms with Gasteiger partial charge in [0.2, 0.25) is 0 Å². The standard InChI is InChI=1S/C24H27NO8/c1-5-33-24(29)17-13-18(23(27)28)25(21(17)14-6-9-16(30-2)10-7-14)22(26)15-8-11-19(31-3)20(12-15)32-4/h6-12,17-18,21H,5,13H2,1-4H3,(H,27,28). The first kappa shape index (κ1) is 23.9. The molecule has 1 amide bonds. The summed E-state index contributed by atoms with van der Waals surface area (Å²) in [6, 6.07) is 9.37. The molecule has 0 saturated carbocycles. The van der Waals surface area contributed by atoms with E-state index in [1.807, 2.05) is 0 Å². The maximum absolute atomic E-state index is 13.7. The molecular weight excluding hydrogens is 430 g/mol. The Morgan fingerprint density at radius 1 is 0.970 bits per heavy atom. The molecule has 33 heavy (non-hydrogen) atoms. The molecular formula is C24H27NO8. The number of aliphatic carboxylic acids is 1. The predicted molar refractivity (Wildman–Crippen MR) is 118 cm³/mol. The molecule has 1 aliphatic rings. The number of hydrogen-bond donors (Lipinski definition) is 1. The third kappa shape index (κ3) is 4.72. The van der Waals surface area contributed by atoms with Crippen molar-refractivity contribution in [2.45, 2.75) is 25.4 Å². The molecule has 0 aromatic heterocycles. The average Bonchev–Trinajstić information content (AvgIpc) is 3.24. The van der Waals surface area contributed by atoms with E-state index in [0.717, 1.165) is 0 Å². The summed E-state index contributed by atoms with van der Waals surface area (Å²) in [6.45, 7) is 1.82. The second-order valence-electron chi connectivity index (χ2n) is 7.45. The van der Waals surface area contributed by atoms with Crippen LogP contribution in [-0.4, -0.2) is 61.8 Å². The van der Waals surface area contributed by atoms with Gasteiger partial charge in [0.15, 0.2) is 11.5 Å². The van der Waals surface area contributed by atoms with E-state index in [4.69, 9.17) is 18.9 Å². The zero-order valence-electron chi connectivity index (χ0n) is 18.9. The summed E-state index contributed by atoms with van der Waals surface area (Å²) >= 11 is 0. The number of carbonyl (C=O) groups is 3. The zero-order valence-corrected chi connectivity index (χ0v) is 18.9. The van der Waals surface area contributed by atoms with Crippen LogP contribution < -0.4 is 14.2 Å². The number of rotatable bonds is 8. The lowest BCUT2D eigenvalue weighted by atomic mass is 9.93. The highest BCUT2D eigenvalue weighted by Crippen LogP contribution is 2.43. The molecule has 176 valence electrons. The second kappa shape index (κ2) is 10.2. The topological polar surface area (TPSA) is 112 Å². The Kier molecular flexibility index (Phi) is 7.42. The van der Waals surface area contributed by atoms with Gasteiger partial charge in [0.05, 0.1) is 39.9 Å². The minimum Gasteiger partial charge on any atom is -0.497 e. The van der Waals surface area contributed by atoms with Gasteiger partial charge in [-0.05, 0) is 49.2 Å². The summed E-state index contributed by atoms with van der Waals surface area (Å²) in [5.74, 6) is -1.78. The number of carboxylic acids is 1. The molecule has 1 fully saturated rings. The zero-order chi connectivity index (χ0) is 24.1. The number of methoxy groups -OCH3 is 3. The molecule has 0 radical (unpaired) electrons. The van der Waals surface area contributed by atoms with Crippen molar-refractivity contribution in [3.8, 4) is 17.2 Å². The Balaban J connectivity index is 2.11. The van der Waals surface area contributed by atoms with Gasteiger partial charge in [-0.15, -0.1) is 0 Å². The maximum Gasteiger partial charge on any atom is 0.326 e. The average molecular weight is 457 g/mol. The van der Waals surface area contributed by atoms with Gasteiger partial charge < -0.3 is 29.0 Å². The van der Waals surface area contributed by atoms with Crippen LogP contribution in [0.3, 0.4) is 0 Å². The lowest BCUT2D eigenvalue weighted by molar-refractivity contribution is -0.148. The van der Waals surface area contributed by atoms with Crippen molar-refractivity contribution in [1.29, 1.82) is 0 Å². The Morgan fingerprint density at radius 3 is 2.18 bits per heavy atom. The van der Waals surface area contributed by atoms with Crippen LogP contribution in [0, 0.1) is 5.92 Å². The van der Waals surface area contributed by atoms with Gasteiger partial charge in [-0.3, -0.25) is 9.59 Å². The maximum atomic E-state index is 13.7. The number of amides is 1. The van der Waals surface area contributed by atoms with E-state index in [2.05, 4.69) is 0 Å². The fourth-order valence-corrected chi connectivity index (χ4v) is 4.15. The number of benzene rings is 2. The summed E-state index contributed by atoms with van der Waals surface area (Å²) in [5, 5.41) is 9.93. The molecule has 1 aliphatic heterocycles. The number of ether oxygens (including phenoxy) is 4. The van der Waals surface area contributed by atoms with E-state index in [0.29, 0.717) is 22.8 Å². The first-order valence-corrected chi connectivity index (χ1v) is 10.4. The van der Waals surface area contributed by atoms with Crippen molar-refractivity contribution in [2.24, 2.45) is 5.92 Å². The predicted octanol–water partition coefficient (Wildman–Crippen LogP) is 2.93. The van der Waals surface area contributed by atoms with Crippen LogP contribution in [0.2, 0.25) is 0 Å². The normalized spacial score (nSPS) is 19.6. The fourth-order valence-electron chi connectivity index (χ4n) is 4.15. The summed E-state index contributed by atoms with van der Waals surface area (Å²) in [7, 11) is 4.45. The Bertz CT molecular complexity index is 1020. The summed E-state index contributed by atoms with van der Waals surface area (Å²) in [5.41, 5.74) is 0.813. The molecule has 3 atom stereocenters. The largest absolute Gasteiger partial charge is 0.497 e. The molecule has 2 aromatic rings. The Labute approximate surface area is 191 Å². The van der Waals surface area contributed by atoms with Crippen molar-refractivity contribution in [1.82, 2.24) is 4.90 Å². The smallest absolute Gasteiger partial charge is 0.326 e. The van der Waals surface area contributed by atoms with Gasteiger partial charge in [-0.1, -0.05) is 12.1 Å². The van der Waals surface area contributed by atoms with Gasteiger partial charge >= 0.3 is 11.9 Å². The molecule has 9 heteroatoms. The first-order chi connectivity index (χ1) is 15.9. The Hall–Kier alpha value is -3.75. The van der Waals surface area contributed by atoms with Crippen molar-refractivity contribution >= 4 is 17.8 Å². The van der Waals surface area contributed by atoms with Crippen LogP contribution in [0.4, 0.5) is 0 Å². The highest BCUT2D eigenvalue weighted by atomic mass is 16.5. The number of likely N-dealkylation sites (tertiary alicyclic amines) is 1. The molecule has 0 spiro atoms. The van der Waals surface area contributed by atoms with E-state index >= 15 is 0 Å². The minimum absolute atomic E-state index is 0.0656. The van der Waals surface area contributed by atoms with Crippen LogP contribution in [-0.2, 0) is 14.3 Å². The lowest BCUT2D eigenvalue weighted by Gasteiger charge is -2.30. The van der Waals surface area contributed by atoms with E-state index < -0.39 is 35.8 Å². The van der Waals surface area contributed by atoms with Crippen molar-refractivity contribution in [3.63, 3.8) is 0 Å². The minimum atomic E-state index is -1.22. The van der Waals surface area contributed by atoms with Crippen molar-refractivity contribution < 1.29 is 38.4 Å². The van der Waals surface area contributed by atoms with E-state index in [-0.39, 0.29) is 18.6 Å². The summed E-state index contributed by atoms with van der Waals surface area (Å²) in [6.07, 6.45) is -0.0656. The molecule has 3 rings (SSSR count). The highest BCUT2D eigenvalue weighted by Gasteiger charge is 2.51. The number of carbonyl (C=O) groups excluding carboxylic acids is 2. The van der Waals surface area contributed by atoms with Crippen molar-refractivity contribution in [2.75, 3.05) is 27.9 Å². The molecule has 0 aliphatic carbocycles. The van der Waals surface area contributed by atoms with E-state index in [9.17, 15) is 19.5 Å². The molecule has 3 unspecified atom stereocenters. The summed E-state index contributed by atoms with van der Waals surface area (Å²) in [4.78, 5) is 39.9. The molecule has 1 saturated heterocycles. The quantitative estimate of drug-likeness (QED) is 0.603. The third-order valence-corrected chi connectivity index (χ3v) is 5.69. The molecule has 2 aromatic carbocycles. The van der Waals surface area contributed by atoms with E-state index in [1.165, 1.54) is 38.4 Å². The van der Waals surface area contributed by atoms with E-state index in [1.54, 1.807) is 37.3 Å². The van der Waals surface area contributed by atoms with Crippen LogP contribution in [0.25, 0.3) is 0 Å². The number of hydrogen-bond acceptors (Lipinski definition) is 7. The van der Waals surface area contributed by atoms with Gasteiger partial charge in [0.25, 0.3) is 5.91 Å². The van der Waals surface area contributed by atoms with Gasteiger partial charge in [-0.2, -0.15) is 0 Å². The van der Waals surface area contributed by atoms with Crippen LogP contribution in [0.5, 0.6) is 17.2 Å². The molecule has 0 bridgehead atoms. The summed E-state index contributed by atoms with van der Waals surface area (Å²) < 4.78 is 20.9. The van der Waals surface area contributed by atoms with Gasteiger partial charge in [-0.25, -0.2) is 4.79 Å². The third-order valence-electron chi connectivity index (χ3n) is 5.69. The monoisotopic (exact) mass is 457 g/mol. The number of esters is 1. The molecule has 9 nitrogen and oxygen atoms in total. The van der Waals surface area contributed by atoms with Gasteiger partial charge in [0.1, 0.15) is 11.8 Å². The first-order valence-electron chi connectivity index (χ1n) is 10.4. The van der Waals surface area contributed by atoms with Gasteiger partial charge in [0, 0.05) is 5.56 Å². The number of carboxylic acid groups (broad SMARTS) is 1. The molecule has 1 N–H and O–H groups in total. The molecule has 1 heterocycles. The van der Waals surface area contributed by atoms with Crippen LogP contribution in [0.15, 0.2) is 42.5 Å². The SMILES string of the molecule is CCOC(=O)C1CC(C(=O)O)N(C(=O)c2ccc(OC)c(OC)c2)C1c1ccc(OC)cc1. The fraction of sp³-hybridized carbons (Fsp3) is 0.375.